The van der Waals surface area contributed by atoms with Crippen LogP contribution < -0.4 is 5.73 Å². The molecule has 1 unspecified atom stereocenters. The van der Waals surface area contributed by atoms with E-state index in [-0.39, 0.29) is 5.91 Å². The van der Waals surface area contributed by atoms with Gasteiger partial charge in [-0.3, -0.25) is 9.69 Å². The van der Waals surface area contributed by atoms with E-state index in [9.17, 15) is 4.79 Å². The molecule has 21 heavy (non-hydrogen) atoms. The predicted molar refractivity (Wildman–Crippen MR) is 86.2 cm³/mol. The van der Waals surface area contributed by atoms with Crippen molar-refractivity contribution in [3.05, 3.63) is 0 Å². The molecule has 0 aromatic carbocycles. The Morgan fingerprint density at radius 3 is 2.67 bits per heavy atom. The third-order valence-corrected chi connectivity index (χ3v) is 4.18. The highest BCUT2D eigenvalue weighted by Gasteiger charge is 2.22. The van der Waals surface area contributed by atoms with Crippen LogP contribution in [0.3, 0.4) is 0 Å². The number of amides is 1. The van der Waals surface area contributed by atoms with Gasteiger partial charge < -0.3 is 15.4 Å². The molecule has 1 atom stereocenters. The maximum absolute atomic E-state index is 12.2. The van der Waals surface area contributed by atoms with Gasteiger partial charge in [0.05, 0.1) is 13.0 Å². The number of ether oxygens (including phenoxy) is 1. The van der Waals surface area contributed by atoms with Crippen LogP contribution in [0.25, 0.3) is 0 Å². The summed E-state index contributed by atoms with van der Waals surface area (Å²) < 4.78 is 5.41. The number of carbonyl (C=O) groups is 1. The van der Waals surface area contributed by atoms with Crippen LogP contribution in [0.15, 0.2) is 0 Å². The van der Waals surface area contributed by atoms with Crippen LogP contribution in [0.1, 0.15) is 46.0 Å². The van der Waals surface area contributed by atoms with Crippen molar-refractivity contribution in [3.63, 3.8) is 0 Å². The van der Waals surface area contributed by atoms with Gasteiger partial charge in [-0.25, -0.2) is 0 Å². The zero-order chi connectivity index (χ0) is 15.5. The van der Waals surface area contributed by atoms with Crippen LogP contribution in [-0.4, -0.2) is 67.7 Å². The minimum absolute atomic E-state index is 0.236. The fraction of sp³-hybridized carbons (Fsp3) is 0.938. The Balaban J connectivity index is 2.35. The van der Waals surface area contributed by atoms with Gasteiger partial charge in [-0.2, -0.15) is 0 Å². The first-order valence-corrected chi connectivity index (χ1v) is 8.52. The third-order valence-electron chi connectivity index (χ3n) is 4.18. The monoisotopic (exact) mass is 299 g/mol. The van der Waals surface area contributed by atoms with Crippen molar-refractivity contribution in [3.8, 4) is 0 Å². The molecule has 0 aliphatic carbocycles. The van der Waals surface area contributed by atoms with Crippen molar-refractivity contribution in [2.75, 3.05) is 45.9 Å². The Labute approximate surface area is 129 Å². The van der Waals surface area contributed by atoms with Gasteiger partial charge in [-0.1, -0.05) is 13.8 Å². The summed E-state index contributed by atoms with van der Waals surface area (Å²) in [4.78, 5) is 16.7. The molecule has 124 valence electrons. The molecule has 1 heterocycles. The summed E-state index contributed by atoms with van der Waals surface area (Å²) >= 11 is 0. The lowest BCUT2D eigenvalue weighted by atomic mass is 10.1. The van der Waals surface area contributed by atoms with Crippen molar-refractivity contribution >= 4 is 5.91 Å². The molecule has 0 radical (unpaired) electrons. The van der Waals surface area contributed by atoms with Gasteiger partial charge in [0.25, 0.3) is 0 Å². The highest BCUT2D eigenvalue weighted by molar-refractivity contribution is 5.76. The zero-order valence-corrected chi connectivity index (χ0v) is 13.9. The number of hydrogen-bond donors (Lipinski definition) is 1. The lowest BCUT2D eigenvalue weighted by Gasteiger charge is -2.29. The quantitative estimate of drug-likeness (QED) is 0.655. The molecular formula is C16H33N3O2. The standard InChI is InChI=1S/C16H33N3O2/c1-3-13-21-14-7-16(20)19-10-5-9-18(11-12-19)15(4-2)6-8-17/h15H,3-14,17H2,1-2H3. The number of rotatable bonds is 9. The average Bonchev–Trinajstić information content (AvgIpc) is 2.75. The van der Waals surface area contributed by atoms with Crippen molar-refractivity contribution in [1.82, 2.24) is 9.80 Å². The van der Waals surface area contributed by atoms with Crippen molar-refractivity contribution in [1.29, 1.82) is 0 Å². The fourth-order valence-electron chi connectivity index (χ4n) is 2.95. The summed E-state index contributed by atoms with van der Waals surface area (Å²) in [7, 11) is 0. The van der Waals surface area contributed by atoms with Gasteiger partial charge in [0.1, 0.15) is 0 Å². The van der Waals surface area contributed by atoms with E-state index >= 15 is 0 Å². The second kappa shape index (κ2) is 11.0. The van der Waals surface area contributed by atoms with E-state index in [0.29, 0.717) is 19.1 Å². The smallest absolute Gasteiger partial charge is 0.224 e. The van der Waals surface area contributed by atoms with Gasteiger partial charge in [0, 0.05) is 38.8 Å². The summed E-state index contributed by atoms with van der Waals surface area (Å²) in [6.45, 7) is 10.1. The molecule has 1 rings (SSSR count). The van der Waals surface area contributed by atoms with Gasteiger partial charge in [0.15, 0.2) is 0 Å². The highest BCUT2D eigenvalue weighted by atomic mass is 16.5. The van der Waals surface area contributed by atoms with E-state index in [1.807, 2.05) is 4.90 Å². The Bertz CT molecular complexity index is 287. The van der Waals surface area contributed by atoms with E-state index in [1.54, 1.807) is 0 Å². The van der Waals surface area contributed by atoms with Gasteiger partial charge in [0.2, 0.25) is 5.91 Å². The van der Waals surface area contributed by atoms with E-state index in [4.69, 9.17) is 10.5 Å². The molecule has 1 amide bonds. The molecule has 5 heteroatoms. The molecule has 0 saturated carbocycles. The number of nitrogens with two attached hydrogens (primary N) is 1. The second-order valence-electron chi connectivity index (χ2n) is 5.77. The summed E-state index contributed by atoms with van der Waals surface area (Å²) in [5.74, 6) is 0.236. The van der Waals surface area contributed by atoms with Crippen LogP contribution in [0.5, 0.6) is 0 Å². The summed E-state index contributed by atoms with van der Waals surface area (Å²) in [6, 6.07) is 0.568. The number of carbonyl (C=O) groups excluding carboxylic acids is 1. The van der Waals surface area contributed by atoms with Crippen LogP contribution in [0, 0.1) is 0 Å². The second-order valence-corrected chi connectivity index (χ2v) is 5.77. The summed E-state index contributed by atoms with van der Waals surface area (Å²) in [5.41, 5.74) is 5.70. The molecule has 5 nitrogen and oxygen atoms in total. The maximum Gasteiger partial charge on any atom is 0.224 e. The Kier molecular flexibility index (Phi) is 9.63. The lowest BCUT2D eigenvalue weighted by Crippen LogP contribution is -2.40. The third kappa shape index (κ3) is 6.76. The molecule has 0 spiro atoms. The van der Waals surface area contributed by atoms with E-state index in [2.05, 4.69) is 18.7 Å². The van der Waals surface area contributed by atoms with E-state index in [1.165, 1.54) is 0 Å². The molecule has 0 bridgehead atoms. The molecule has 2 N–H and O–H groups in total. The predicted octanol–water partition coefficient (Wildman–Crippen LogP) is 1.46. The van der Waals surface area contributed by atoms with Crippen molar-refractivity contribution in [2.45, 2.75) is 52.0 Å². The molecule has 1 saturated heterocycles. The van der Waals surface area contributed by atoms with Crippen LogP contribution in [0.2, 0.25) is 0 Å². The van der Waals surface area contributed by atoms with E-state index in [0.717, 1.165) is 65.0 Å². The molecule has 1 aliphatic heterocycles. The molecular weight excluding hydrogens is 266 g/mol. The summed E-state index contributed by atoms with van der Waals surface area (Å²) in [5, 5.41) is 0. The number of hydrogen-bond acceptors (Lipinski definition) is 4. The van der Waals surface area contributed by atoms with Gasteiger partial charge in [-0.05, 0) is 32.2 Å². The first-order chi connectivity index (χ1) is 10.2. The first-order valence-electron chi connectivity index (χ1n) is 8.52. The van der Waals surface area contributed by atoms with Crippen LogP contribution in [0.4, 0.5) is 0 Å². The van der Waals surface area contributed by atoms with Crippen molar-refractivity contribution in [2.24, 2.45) is 5.73 Å². The maximum atomic E-state index is 12.2. The Morgan fingerprint density at radius 2 is 2.00 bits per heavy atom. The Hall–Kier alpha value is -0.650. The van der Waals surface area contributed by atoms with Crippen LogP contribution in [-0.2, 0) is 9.53 Å². The van der Waals surface area contributed by atoms with Crippen LogP contribution >= 0.6 is 0 Å². The SMILES string of the molecule is CCCOCCC(=O)N1CCCN(C(CC)CCN)CC1. The molecule has 0 aromatic rings. The minimum Gasteiger partial charge on any atom is -0.381 e. The lowest BCUT2D eigenvalue weighted by molar-refractivity contribution is -0.132. The largest absolute Gasteiger partial charge is 0.381 e. The molecule has 1 fully saturated rings. The first kappa shape index (κ1) is 18.4. The molecule has 0 aromatic heterocycles. The normalized spacial score (nSPS) is 18.5. The molecule has 1 aliphatic rings. The van der Waals surface area contributed by atoms with Crippen molar-refractivity contribution < 1.29 is 9.53 Å². The van der Waals surface area contributed by atoms with E-state index < -0.39 is 0 Å². The highest BCUT2D eigenvalue weighted by Crippen LogP contribution is 2.13. The summed E-state index contributed by atoms with van der Waals surface area (Å²) in [6.07, 6.45) is 4.76. The topological polar surface area (TPSA) is 58.8 Å². The Morgan fingerprint density at radius 1 is 1.19 bits per heavy atom. The average molecular weight is 299 g/mol. The zero-order valence-electron chi connectivity index (χ0n) is 13.9. The number of nitrogens with zero attached hydrogens (tertiary/aromatic N) is 2. The van der Waals surface area contributed by atoms with Gasteiger partial charge in [-0.15, -0.1) is 0 Å². The minimum atomic E-state index is 0.236. The fourth-order valence-corrected chi connectivity index (χ4v) is 2.95. The van der Waals surface area contributed by atoms with Gasteiger partial charge >= 0.3 is 0 Å².